The van der Waals surface area contributed by atoms with Crippen LogP contribution in [0.3, 0.4) is 0 Å². The average Bonchev–Trinajstić information content (AvgIpc) is 3.37. The maximum atomic E-state index is 12.4. The highest BCUT2D eigenvalue weighted by atomic mass is 32.2. The van der Waals surface area contributed by atoms with Crippen molar-refractivity contribution in [1.82, 2.24) is 10.2 Å². The van der Waals surface area contributed by atoms with Gasteiger partial charge in [-0.2, -0.15) is 5.26 Å². The van der Waals surface area contributed by atoms with E-state index >= 15 is 0 Å². The molecule has 0 spiro atoms. The second-order valence-electron chi connectivity index (χ2n) is 5.98. The number of anilines is 1. The Bertz CT molecular complexity index is 1190. The van der Waals surface area contributed by atoms with Crippen LogP contribution >= 0.6 is 23.1 Å². The second-order valence-corrected chi connectivity index (χ2v) is 8.24. The lowest BCUT2D eigenvalue weighted by Gasteiger charge is -2.00. The lowest BCUT2D eigenvalue weighted by Crippen LogP contribution is -2.01. The summed E-state index contributed by atoms with van der Waals surface area (Å²) in [6.45, 7) is 0. The number of hydrogen-bond donors (Lipinski definition) is 1. The molecule has 0 radical (unpaired) electrons. The van der Waals surface area contributed by atoms with E-state index in [1.54, 1.807) is 12.1 Å². The minimum Gasteiger partial charge on any atom is -0.415 e. The largest absolute Gasteiger partial charge is 0.415 e. The minimum absolute atomic E-state index is 0.0165. The number of thiophene rings is 1. The summed E-state index contributed by atoms with van der Waals surface area (Å²) >= 11 is 2.56. The van der Waals surface area contributed by atoms with E-state index in [0.717, 1.165) is 5.56 Å². The number of carbonyl (C=O) groups is 1. The fourth-order valence-electron chi connectivity index (χ4n) is 2.64. The molecule has 0 aliphatic heterocycles. The van der Waals surface area contributed by atoms with Crippen molar-refractivity contribution < 1.29 is 9.21 Å². The van der Waals surface area contributed by atoms with Gasteiger partial charge in [0.05, 0.1) is 15.6 Å². The third-order valence-electron chi connectivity index (χ3n) is 4.09. The van der Waals surface area contributed by atoms with Crippen LogP contribution in [0.25, 0.3) is 22.2 Å². The van der Waals surface area contributed by atoms with E-state index in [1.165, 1.54) is 23.1 Å². The Hall–Kier alpha value is -3.41. The molecule has 4 rings (SSSR count). The molecule has 0 amide bonds. The van der Waals surface area contributed by atoms with E-state index < -0.39 is 0 Å². The molecule has 8 heteroatoms. The van der Waals surface area contributed by atoms with Gasteiger partial charge in [0.1, 0.15) is 16.5 Å². The first kappa shape index (κ1) is 18.9. The minimum atomic E-state index is -0.0165. The van der Waals surface area contributed by atoms with Crippen molar-refractivity contribution in [3.05, 3.63) is 71.8 Å². The molecule has 0 aliphatic carbocycles. The summed E-state index contributed by atoms with van der Waals surface area (Å²) in [6.07, 6.45) is 0. The number of nitrogens with zero attached hydrogens (tertiary/aromatic N) is 3. The fourth-order valence-corrected chi connectivity index (χ4v) is 4.86. The van der Waals surface area contributed by atoms with Gasteiger partial charge in [-0.25, -0.2) is 0 Å². The van der Waals surface area contributed by atoms with E-state index in [2.05, 4.69) is 16.3 Å². The standard InChI is InChI=1S/C21H14N4O2S2/c22-11-15-17(23)18(20-25-24-19(27-20)14-9-5-2-6-10-14)29-21(15)28-12-16(26)13-7-3-1-4-8-13/h1-10H,12,23H2. The van der Waals surface area contributed by atoms with Crippen LogP contribution in [0.15, 0.2) is 69.3 Å². The van der Waals surface area contributed by atoms with Crippen molar-refractivity contribution in [1.29, 1.82) is 5.26 Å². The van der Waals surface area contributed by atoms with Gasteiger partial charge in [-0.05, 0) is 12.1 Å². The van der Waals surface area contributed by atoms with E-state index in [-0.39, 0.29) is 23.1 Å². The van der Waals surface area contributed by atoms with Gasteiger partial charge in [0, 0.05) is 11.1 Å². The number of ketones is 1. The maximum absolute atomic E-state index is 12.4. The molecule has 2 N–H and O–H groups in total. The number of hydrogen-bond acceptors (Lipinski definition) is 8. The third-order valence-corrected chi connectivity index (χ3v) is 6.56. The van der Waals surface area contributed by atoms with E-state index in [0.29, 0.717) is 26.1 Å². The number of Topliss-reactive ketones (excluding diaryl/α,β-unsaturated/α-hetero) is 1. The highest BCUT2D eigenvalue weighted by Gasteiger charge is 2.22. The Kier molecular flexibility index (Phi) is 5.42. The predicted molar refractivity (Wildman–Crippen MR) is 114 cm³/mol. The maximum Gasteiger partial charge on any atom is 0.260 e. The summed E-state index contributed by atoms with van der Waals surface area (Å²) in [6, 6.07) is 20.6. The monoisotopic (exact) mass is 418 g/mol. The quantitative estimate of drug-likeness (QED) is 0.351. The topological polar surface area (TPSA) is 106 Å². The molecule has 0 saturated heterocycles. The van der Waals surface area contributed by atoms with E-state index in [4.69, 9.17) is 10.2 Å². The third kappa shape index (κ3) is 3.92. The SMILES string of the molecule is N#Cc1c(SCC(=O)c2ccccc2)sc(-c2nnc(-c3ccccc3)o2)c1N. The van der Waals surface area contributed by atoms with Crippen LogP contribution in [0.4, 0.5) is 5.69 Å². The Balaban J connectivity index is 1.59. The van der Waals surface area contributed by atoms with Crippen LogP contribution in [0.5, 0.6) is 0 Å². The molecule has 29 heavy (non-hydrogen) atoms. The molecule has 4 aromatic rings. The van der Waals surface area contributed by atoms with Gasteiger partial charge in [0.15, 0.2) is 5.78 Å². The number of rotatable bonds is 6. The second kappa shape index (κ2) is 8.31. The zero-order valence-corrected chi connectivity index (χ0v) is 16.7. The summed E-state index contributed by atoms with van der Waals surface area (Å²) < 4.78 is 6.42. The molecule has 0 bridgehead atoms. The molecule has 2 aromatic heterocycles. The van der Waals surface area contributed by atoms with E-state index in [1.807, 2.05) is 48.5 Å². The summed E-state index contributed by atoms with van der Waals surface area (Å²) in [5, 5.41) is 17.7. The van der Waals surface area contributed by atoms with Crippen molar-refractivity contribution in [2.24, 2.45) is 0 Å². The summed E-state index contributed by atoms with van der Waals surface area (Å²) in [4.78, 5) is 12.9. The number of benzene rings is 2. The van der Waals surface area contributed by atoms with Crippen LogP contribution < -0.4 is 5.73 Å². The molecule has 0 unspecified atom stereocenters. The first-order chi connectivity index (χ1) is 14.2. The van der Waals surface area contributed by atoms with E-state index in [9.17, 15) is 10.1 Å². The van der Waals surface area contributed by atoms with Crippen LogP contribution in [0.2, 0.25) is 0 Å². The van der Waals surface area contributed by atoms with Crippen molar-refractivity contribution in [2.75, 3.05) is 11.5 Å². The zero-order chi connectivity index (χ0) is 20.2. The van der Waals surface area contributed by atoms with Gasteiger partial charge in [0.2, 0.25) is 5.89 Å². The molecule has 0 saturated carbocycles. The molecule has 2 aromatic carbocycles. The first-order valence-electron chi connectivity index (χ1n) is 8.60. The Morgan fingerprint density at radius 3 is 2.41 bits per heavy atom. The van der Waals surface area contributed by atoms with Crippen molar-refractivity contribution in [3.8, 4) is 28.3 Å². The summed E-state index contributed by atoms with van der Waals surface area (Å²) in [5.41, 5.74) is 8.22. The molecule has 142 valence electrons. The van der Waals surface area contributed by atoms with Crippen LogP contribution in [0.1, 0.15) is 15.9 Å². The van der Waals surface area contributed by atoms with Crippen LogP contribution in [0, 0.1) is 11.3 Å². The average molecular weight is 419 g/mol. The number of thioether (sulfide) groups is 1. The van der Waals surface area contributed by atoms with Gasteiger partial charge in [-0.3, -0.25) is 4.79 Å². The normalized spacial score (nSPS) is 10.6. The summed E-state index contributed by atoms with van der Waals surface area (Å²) in [5.74, 6) is 0.818. The highest BCUT2D eigenvalue weighted by molar-refractivity contribution is 8.01. The van der Waals surface area contributed by atoms with Gasteiger partial charge >= 0.3 is 0 Å². The molecule has 2 heterocycles. The lowest BCUT2D eigenvalue weighted by molar-refractivity contribution is 0.102. The fraction of sp³-hybridized carbons (Fsp3) is 0.0476. The predicted octanol–water partition coefficient (Wildman–Crippen LogP) is 4.89. The number of carbonyl (C=O) groups excluding carboxylic acids is 1. The van der Waals surface area contributed by atoms with Gasteiger partial charge < -0.3 is 10.2 Å². The van der Waals surface area contributed by atoms with Gasteiger partial charge in [-0.15, -0.1) is 33.3 Å². The molecule has 0 aliphatic rings. The zero-order valence-electron chi connectivity index (χ0n) is 15.0. The first-order valence-corrected chi connectivity index (χ1v) is 10.4. The van der Waals surface area contributed by atoms with Crippen LogP contribution in [-0.2, 0) is 0 Å². The van der Waals surface area contributed by atoms with Crippen molar-refractivity contribution in [3.63, 3.8) is 0 Å². The summed E-state index contributed by atoms with van der Waals surface area (Å²) in [7, 11) is 0. The van der Waals surface area contributed by atoms with Gasteiger partial charge in [0.25, 0.3) is 5.89 Å². The number of nitrogens with two attached hydrogens (primary N) is 1. The smallest absolute Gasteiger partial charge is 0.260 e. The van der Waals surface area contributed by atoms with Crippen LogP contribution in [-0.4, -0.2) is 21.7 Å². The number of nitrogen functional groups attached to an aromatic ring is 1. The van der Waals surface area contributed by atoms with Gasteiger partial charge in [-0.1, -0.05) is 48.5 Å². The number of nitriles is 1. The Labute approximate surface area is 175 Å². The molecule has 6 nitrogen and oxygen atoms in total. The van der Waals surface area contributed by atoms with Crippen molar-refractivity contribution in [2.45, 2.75) is 4.21 Å². The highest BCUT2D eigenvalue weighted by Crippen LogP contribution is 2.43. The lowest BCUT2D eigenvalue weighted by atomic mass is 10.2. The molecular weight excluding hydrogens is 404 g/mol. The Morgan fingerprint density at radius 2 is 1.72 bits per heavy atom. The molecular formula is C21H14N4O2S2. The Morgan fingerprint density at radius 1 is 1.07 bits per heavy atom. The van der Waals surface area contributed by atoms with Crippen molar-refractivity contribution >= 4 is 34.6 Å². The number of aromatic nitrogens is 2. The molecule has 0 atom stereocenters. The molecule has 0 fully saturated rings.